The van der Waals surface area contributed by atoms with Gasteiger partial charge in [0.05, 0.1) is 26.3 Å². The molecule has 0 saturated heterocycles. The van der Waals surface area contributed by atoms with Crippen molar-refractivity contribution in [1.82, 2.24) is 34.7 Å². The number of methoxy groups -OCH3 is 2. The predicted octanol–water partition coefficient (Wildman–Crippen LogP) is 2.29. The molecule has 0 fully saturated rings. The van der Waals surface area contributed by atoms with E-state index in [-0.39, 0.29) is 30.3 Å². The van der Waals surface area contributed by atoms with E-state index in [1.165, 1.54) is 34.8 Å². The Labute approximate surface area is 191 Å². The zero-order valence-electron chi connectivity index (χ0n) is 18.2. The molecule has 0 radical (unpaired) electrons. The molecule has 0 aliphatic rings. The van der Waals surface area contributed by atoms with Gasteiger partial charge in [0.2, 0.25) is 11.7 Å². The molecule has 172 valence electrons. The second-order valence-corrected chi connectivity index (χ2v) is 7.30. The molecule has 5 aromatic rings. The van der Waals surface area contributed by atoms with Crippen molar-refractivity contribution in [2.24, 2.45) is 0 Å². The summed E-state index contributed by atoms with van der Waals surface area (Å²) < 4.78 is 32.1. The van der Waals surface area contributed by atoms with Crippen LogP contribution in [0.3, 0.4) is 0 Å². The Bertz CT molecular complexity index is 1540. The van der Waals surface area contributed by atoms with Crippen LogP contribution in [0.25, 0.3) is 22.6 Å². The lowest BCUT2D eigenvalue weighted by molar-refractivity contribution is 0.369. The van der Waals surface area contributed by atoms with Gasteiger partial charge in [-0.25, -0.2) is 14.1 Å². The van der Waals surface area contributed by atoms with E-state index < -0.39 is 5.56 Å². The van der Waals surface area contributed by atoms with Crippen molar-refractivity contribution in [2.75, 3.05) is 14.2 Å². The minimum Gasteiger partial charge on any atom is -0.497 e. The van der Waals surface area contributed by atoms with Gasteiger partial charge in [-0.3, -0.25) is 9.36 Å². The maximum Gasteiger partial charge on any atom is 0.283 e. The average molecular weight is 463 g/mol. The van der Waals surface area contributed by atoms with Crippen LogP contribution in [0.5, 0.6) is 11.5 Å². The minimum atomic E-state index is -0.419. The average Bonchev–Trinajstić information content (AvgIpc) is 3.48. The zero-order valence-corrected chi connectivity index (χ0v) is 18.2. The van der Waals surface area contributed by atoms with Gasteiger partial charge >= 0.3 is 0 Å². The summed E-state index contributed by atoms with van der Waals surface area (Å²) in [6, 6.07) is 11.3. The number of rotatable bonds is 7. The van der Waals surface area contributed by atoms with Crippen LogP contribution in [0.2, 0.25) is 0 Å². The fraction of sp³-hybridized carbons (Fsp3) is 0.182. The molecular formula is C22H18FN7O4. The number of benzene rings is 2. The fourth-order valence-corrected chi connectivity index (χ4v) is 3.47. The highest BCUT2D eigenvalue weighted by Gasteiger charge is 2.17. The summed E-state index contributed by atoms with van der Waals surface area (Å²) in [7, 11) is 3.09. The first-order valence-electron chi connectivity index (χ1n) is 10.1. The molecule has 0 N–H and O–H groups in total. The number of hydrogen-bond donors (Lipinski definition) is 0. The van der Waals surface area contributed by atoms with Gasteiger partial charge in [0.1, 0.15) is 30.2 Å². The Hall–Kier alpha value is -4.61. The molecule has 12 heteroatoms. The van der Waals surface area contributed by atoms with E-state index in [2.05, 4.69) is 25.4 Å². The quantitative estimate of drug-likeness (QED) is 0.358. The smallest absolute Gasteiger partial charge is 0.283 e. The molecule has 0 amide bonds. The lowest BCUT2D eigenvalue weighted by Crippen LogP contribution is -2.21. The summed E-state index contributed by atoms with van der Waals surface area (Å²) in [5, 5.41) is 11.9. The molecule has 3 aromatic heterocycles. The van der Waals surface area contributed by atoms with E-state index in [0.717, 1.165) is 0 Å². The van der Waals surface area contributed by atoms with Gasteiger partial charge in [-0.05, 0) is 29.8 Å². The lowest BCUT2D eigenvalue weighted by atomic mass is 10.2. The molecule has 11 nitrogen and oxygen atoms in total. The van der Waals surface area contributed by atoms with Crippen molar-refractivity contribution in [3.05, 3.63) is 76.4 Å². The third-order valence-corrected chi connectivity index (χ3v) is 5.14. The molecule has 0 bridgehead atoms. The Morgan fingerprint density at radius 1 is 1.09 bits per heavy atom. The first-order chi connectivity index (χ1) is 16.6. The Balaban J connectivity index is 1.41. The molecule has 34 heavy (non-hydrogen) atoms. The highest BCUT2D eigenvalue weighted by atomic mass is 19.1. The maximum atomic E-state index is 13.5. The highest BCUT2D eigenvalue weighted by molar-refractivity contribution is 5.68. The predicted molar refractivity (Wildman–Crippen MR) is 117 cm³/mol. The van der Waals surface area contributed by atoms with Crippen molar-refractivity contribution in [3.63, 3.8) is 0 Å². The highest BCUT2D eigenvalue weighted by Crippen LogP contribution is 2.31. The van der Waals surface area contributed by atoms with E-state index in [0.29, 0.717) is 34.1 Å². The molecule has 0 aliphatic carbocycles. The summed E-state index contributed by atoms with van der Waals surface area (Å²) in [4.78, 5) is 21.6. The van der Waals surface area contributed by atoms with Gasteiger partial charge in [0.15, 0.2) is 11.2 Å². The normalized spacial score (nSPS) is 11.1. The van der Waals surface area contributed by atoms with Gasteiger partial charge in [-0.2, -0.15) is 4.98 Å². The first-order valence-corrected chi connectivity index (χ1v) is 10.1. The van der Waals surface area contributed by atoms with Crippen LogP contribution >= 0.6 is 0 Å². The summed E-state index contributed by atoms with van der Waals surface area (Å²) in [5.41, 5.74) is 1.23. The van der Waals surface area contributed by atoms with Gasteiger partial charge in [0, 0.05) is 6.07 Å². The van der Waals surface area contributed by atoms with Crippen LogP contribution in [0, 0.1) is 5.82 Å². The number of halogens is 1. The minimum absolute atomic E-state index is 0.00992. The second-order valence-electron chi connectivity index (χ2n) is 7.30. The first kappa shape index (κ1) is 21.2. The Kier molecular flexibility index (Phi) is 5.46. The lowest BCUT2D eigenvalue weighted by Gasteiger charge is -2.07. The molecule has 3 heterocycles. The molecule has 5 rings (SSSR count). The van der Waals surface area contributed by atoms with Crippen LogP contribution in [-0.2, 0) is 13.1 Å². The van der Waals surface area contributed by atoms with E-state index in [9.17, 15) is 9.18 Å². The number of aromatic nitrogens is 7. The largest absolute Gasteiger partial charge is 0.497 e. The number of ether oxygens (including phenoxy) is 2. The van der Waals surface area contributed by atoms with E-state index in [4.69, 9.17) is 14.0 Å². The summed E-state index contributed by atoms with van der Waals surface area (Å²) in [6.45, 7) is 0.214. The van der Waals surface area contributed by atoms with E-state index >= 15 is 0 Å². The summed E-state index contributed by atoms with van der Waals surface area (Å²) in [6.07, 6.45) is 1.36. The second kappa shape index (κ2) is 8.73. The van der Waals surface area contributed by atoms with Crippen LogP contribution in [0.1, 0.15) is 11.5 Å². The van der Waals surface area contributed by atoms with Crippen molar-refractivity contribution in [2.45, 2.75) is 13.1 Å². The number of nitrogens with zero attached hydrogens (tertiary/aromatic N) is 7. The molecule has 0 atom stereocenters. The molecule has 0 saturated carbocycles. The Morgan fingerprint density at radius 3 is 2.76 bits per heavy atom. The monoisotopic (exact) mass is 463 g/mol. The molecule has 0 spiro atoms. The maximum absolute atomic E-state index is 13.5. The molecule has 0 unspecified atom stereocenters. The fourth-order valence-electron chi connectivity index (χ4n) is 3.47. The summed E-state index contributed by atoms with van der Waals surface area (Å²) in [5.74, 6) is 1.28. The van der Waals surface area contributed by atoms with Gasteiger partial charge in [0.25, 0.3) is 5.56 Å². The number of fused-ring (bicyclic) bond motifs is 1. The number of hydrogen-bond acceptors (Lipinski definition) is 9. The third kappa shape index (κ3) is 3.96. The topological polar surface area (TPSA) is 123 Å². The van der Waals surface area contributed by atoms with Gasteiger partial charge in [-0.15, -0.1) is 5.10 Å². The van der Waals surface area contributed by atoms with Crippen molar-refractivity contribution >= 4 is 11.2 Å². The Morgan fingerprint density at radius 2 is 1.97 bits per heavy atom. The van der Waals surface area contributed by atoms with Crippen LogP contribution in [0.4, 0.5) is 4.39 Å². The standard InChI is InChI=1S/C22H18FN7O4/c1-32-15-6-7-16(17(9-15)33-2)20-25-18(34-27-20)11-29-12-24-21-19(22(29)31)26-28-30(21)10-13-4-3-5-14(23)8-13/h3-9,12H,10-11H2,1-2H3. The molecule has 2 aromatic carbocycles. The molecule has 0 aliphatic heterocycles. The zero-order chi connectivity index (χ0) is 23.7. The molecular weight excluding hydrogens is 445 g/mol. The van der Waals surface area contributed by atoms with Crippen LogP contribution in [-0.4, -0.2) is 48.9 Å². The van der Waals surface area contributed by atoms with Crippen molar-refractivity contribution in [1.29, 1.82) is 0 Å². The van der Waals surface area contributed by atoms with E-state index in [1.54, 1.807) is 37.4 Å². The summed E-state index contributed by atoms with van der Waals surface area (Å²) >= 11 is 0. The van der Waals surface area contributed by atoms with Crippen LogP contribution in [0.15, 0.2) is 58.1 Å². The van der Waals surface area contributed by atoms with Crippen molar-refractivity contribution < 1.29 is 18.4 Å². The van der Waals surface area contributed by atoms with Gasteiger partial charge in [-0.1, -0.05) is 22.5 Å². The SMILES string of the molecule is COc1ccc(-c2noc(Cn3cnc4c(nnn4Cc4cccc(F)c4)c3=O)n2)c(OC)c1. The van der Waals surface area contributed by atoms with Gasteiger partial charge < -0.3 is 14.0 Å². The van der Waals surface area contributed by atoms with Crippen LogP contribution < -0.4 is 15.0 Å². The van der Waals surface area contributed by atoms with E-state index in [1.807, 2.05) is 0 Å². The van der Waals surface area contributed by atoms with Crippen molar-refractivity contribution in [3.8, 4) is 22.9 Å². The third-order valence-electron chi connectivity index (χ3n) is 5.14.